The maximum absolute atomic E-state index is 10.5. The lowest BCUT2D eigenvalue weighted by molar-refractivity contribution is 0.103. The van der Waals surface area contributed by atoms with E-state index in [1.165, 1.54) is 0 Å². The molecule has 4 unspecified atom stereocenters. The fraction of sp³-hybridized carbons (Fsp3) is 0.833. The summed E-state index contributed by atoms with van der Waals surface area (Å²) in [5, 5.41) is 0. The number of isocyanates is 2. The Hall–Kier alpha value is -1.24. The highest BCUT2D eigenvalue weighted by atomic mass is 16.1. The van der Waals surface area contributed by atoms with E-state index in [1.807, 2.05) is 13.8 Å². The fourth-order valence-electron chi connectivity index (χ4n) is 2.93. The Balaban J connectivity index is 3.11. The Bertz CT molecular complexity index is 369. The molecule has 4 nitrogen and oxygen atoms in total. The average molecular weight is 222 g/mol. The van der Waals surface area contributed by atoms with Gasteiger partial charge in [0.05, 0.1) is 11.1 Å². The molecule has 0 spiro atoms. The molecule has 0 radical (unpaired) electrons. The van der Waals surface area contributed by atoms with E-state index < -0.39 is 11.1 Å². The van der Waals surface area contributed by atoms with Crippen LogP contribution in [-0.4, -0.2) is 23.2 Å². The molecule has 16 heavy (non-hydrogen) atoms. The Labute approximate surface area is 95.9 Å². The van der Waals surface area contributed by atoms with Gasteiger partial charge < -0.3 is 0 Å². The molecule has 0 amide bonds. The summed E-state index contributed by atoms with van der Waals surface area (Å²) in [6.07, 6.45) is 4.69. The van der Waals surface area contributed by atoms with Crippen molar-refractivity contribution in [2.45, 2.75) is 51.6 Å². The van der Waals surface area contributed by atoms with E-state index in [9.17, 15) is 9.59 Å². The van der Waals surface area contributed by atoms with Gasteiger partial charge in [-0.05, 0) is 38.5 Å². The predicted molar refractivity (Wildman–Crippen MR) is 60.6 cm³/mol. The zero-order chi connectivity index (χ0) is 12.4. The van der Waals surface area contributed by atoms with Gasteiger partial charge in [0.2, 0.25) is 12.2 Å². The van der Waals surface area contributed by atoms with Gasteiger partial charge >= 0.3 is 0 Å². The standard InChI is InChI=1S/C12H18N2O2/c1-9-5-11(3,13-7-15)6-12(4,10(9)2)14-8-16/h9-10H,5-6H2,1-4H3. The van der Waals surface area contributed by atoms with Gasteiger partial charge in [0.15, 0.2) is 0 Å². The molecule has 88 valence electrons. The largest absolute Gasteiger partial charge is 0.235 e. The van der Waals surface area contributed by atoms with Crippen LogP contribution >= 0.6 is 0 Å². The van der Waals surface area contributed by atoms with Crippen molar-refractivity contribution < 1.29 is 9.59 Å². The lowest BCUT2D eigenvalue weighted by Gasteiger charge is -2.46. The first-order valence-corrected chi connectivity index (χ1v) is 5.55. The molecule has 1 aliphatic carbocycles. The fourth-order valence-corrected chi connectivity index (χ4v) is 2.93. The topological polar surface area (TPSA) is 58.9 Å². The molecule has 1 aliphatic rings. The molecule has 0 bridgehead atoms. The van der Waals surface area contributed by atoms with Crippen LogP contribution in [0.3, 0.4) is 0 Å². The van der Waals surface area contributed by atoms with E-state index in [1.54, 1.807) is 12.2 Å². The molecule has 0 heterocycles. The monoisotopic (exact) mass is 222 g/mol. The van der Waals surface area contributed by atoms with Gasteiger partial charge in [-0.3, -0.25) is 0 Å². The summed E-state index contributed by atoms with van der Waals surface area (Å²) < 4.78 is 0. The molecule has 1 rings (SSSR count). The summed E-state index contributed by atoms with van der Waals surface area (Å²) >= 11 is 0. The van der Waals surface area contributed by atoms with Crippen molar-refractivity contribution in [1.29, 1.82) is 0 Å². The Morgan fingerprint density at radius 3 is 2.19 bits per heavy atom. The van der Waals surface area contributed by atoms with Crippen LogP contribution in [0.4, 0.5) is 0 Å². The molecule has 0 N–H and O–H groups in total. The molecule has 4 atom stereocenters. The second-order valence-corrected chi connectivity index (χ2v) is 5.41. The maximum atomic E-state index is 10.5. The minimum absolute atomic E-state index is 0.281. The number of hydrogen-bond donors (Lipinski definition) is 0. The number of hydrogen-bond acceptors (Lipinski definition) is 4. The van der Waals surface area contributed by atoms with E-state index >= 15 is 0 Å². The van der Waals surface area contributed by atoms with Crippen LogP contribution in [0.5, 0.6) is 0 Å². The van der Waals surface area contributed by atoms with Crippen LogP contribution < -0.4 is 0 Å². The summed E-state index contributed by atoms with van der Waals surface area (Å²) in [5.74, 6) is 0.641. The van der Waals surface area contributed by atoms with Crippen molar-refractivity contribution in [3.63, 3.8) is 0 Å². The molecule has 0 aromatic carbocycles. The molecule has 4 heteroatoms. The van der Waals surface area contributed by atoms with Gasteiger partial charge in [-0.1, -0.05) is 13.8 Å². The summed E-state index contributed by atoms with van der Waals surface area (Å²) in [5.41, 5.74) is -0.933. The minimum atomic E-state index is -0.478. The molecule has 1 fully saturated rings. The maximum Gasteiger partial charge on any atom is 0.235 e. The Morgan fingerprint density at radius 1 is 1.12 bits per heavy atom. The molecule has 0 aromatic rings. The van der Waals surface area contributed by atoms with Crippen molar-refractivity contribution in [1.82, 2.24) is 0 Å². The van der Waals surface area contributed by atoms with Crippen molar-refractivity contribution in [2.75, 3.05) is 0 Å². The third-order valence-electron chi connectivity index (χ3n) is 3.95. The molecular weight excluding hydrogens is 204 g/mol. The number of aliphatic imine (C=N–C) groups is 2. The quantitative estimate of drug-likeness (QED) is 0.531. The molecule has 0 aromatic heterocycles. The highest BCUT2D eigenvalue weighted by Gasteiger charge is 2.47. The first-order chi connectivity index (χ1) is 7.37. The van der Waals surface area contributed by atoms with Gasteiger partial charge in [-0.15, -0.1) is 0 Å². The second kappa shape index (κ2) is 4.32. The van der Waals surface area contributed by atoms with Crippen molar-refractivity contribution in [3.8, 4) is 0 Å². The summed E-state index contributed by atoms with van der Waals surface area (Å²) in [6, 6.07) is 0. The van der Waals surface area contributed by atoms with E-state index in [2.05, 4.69) is 23.8 Å². The van der Waals surface area contributed by atoms with Crippen molar-refractivity contribution in [3.05, 3.63) is 0 Å². The number of nitrogens with zero attached hydrogens (tertiary/aromatic N) is 2. The molecule has 1 saturated carbocycles. The SMILES string of the molecule is CC1CC(C)(N=C=O)CC(C)(N=C=O)C1C. The average Bonchev–Trinajstić information content (AvgIpc) is 2.14. The van der Waals surface area contributed by atoms with Gasteiger partial charge in [0.1, 0.15) is 0 Å². The normalized spacial score (nSPS) is 43.0. The van der Waals surface area contributed by atoms with Crippen molar-refractivity contribution >= 4 is 12.2 Å². The first-order valence-electron chi connectivity index (χ1n) is 5.55. The zero-order valence-corrected chi connectivity index (χ0v) is 10.3. The third-order valence-corrected chi connectivity index (χ3v) is 3.95. The second-order valence-electron chi connectivity index (χ2n) is 5.41. The smallest absolute Gasteiger partial charge is 0.211 e. The lowest BCUT2D eigenvalue weighted by atomic mass is 9.63. The highest BCUT2D eigenvalue weighted by molar-refractivity contribution is 5.37. The first kappa shape index (κ1) is 12.8. The van der Waals surface area contributed by atoms with Crippen LogP contribution in [0.1, 0.15) is 40.5 Å². The Morgan fingerprint density at radius 2 is 1.69 bits per heavy atom. The summed E-state index contributed by atoms with van der Waals surface area (Å²) in [7, 11) is 0. The van der Waals surface area contributed by atoms with Crippen LogP contribution in [0.2, 0.25) is 0 Å². The summed E-state index contributed by atoms with van der Waals surface area (Å²) in [4.78, 5) is 28.7. The highest BCUT2D eigenvalue weighted by Crippen LogP contribution is 2.46. The zero-order valence-electron chi connectivity index (χ0n) is 10.3. The van der Waals surface area contributed by atoms with Crippen LogP contribution in [0.15, 0.2) is 9.98 Å². The molecule has 0 aliphatic heterocycles. The van der Waals surface area contributed by atoms with Crippen molar-refractivity contribution in [2.24, 2.45) is 21.8 Å². The van der Waals surface area contributed by atoms with Crippen LogP contribution in [-0.2, 0) is 9.59 Å². The van der Waals surface area contributed by atoms with Gasteiger partial charge in [0, 0.05) is 0 Å². The predicted octanol–water partition coefficient (Wildman–Crippen LogP) is 2.24. The molecular formula is C12H18N2O2. The van der Waals surface area contributed by atoms with E-state index in [0.717, 1.165) is 6.42 Å². The number of rotatable bonds is 2. The summed E-state index contributed by atoms with van der Waals surface area (Å²) in [6.45, 7) is 8.02. The van der Waals surface area contributed by atoms with E-state index in [4.69, 9.17) is 0 Å². The van der Waals surface area contributed by atoms with Gasteiger partial charge in [-0.25, -0.2) is 9.59 Å². The Kier molecular flexibility index (Phi) is 3.47. The van der Waals surface area contributed by atoms with Gasteiger partial charge in [0.25, 0.3) is 0 Å². The van der Waals surface area contributed by atoms with E-state index in [0.29, 0.717) is 12.3 Å². The minimum Gasteiger partial charge on any atom is -0.211 e. The van der Waals surface area contributed by atoms with Crippen LogP contribution in [0.25, 0.3) is 0 Å². The van der Waals surface area contributed by atoms with Gasteiger partial charge in [-0.2, -0.15) is 9.98 Å². The number of carbonyl (C=O) groups excluding carboxylic acids is 2. The van der Waals surface area contributed by atoms with Crippen LogP contribution in [0, 0.1) is 11.8 Å². The molecule has 0 saturated heterocycles. The van der Waals surface area contributed by atoms with E-state index in [-0.39, 0.29) is 5.92 Å². The lowest BCUT2D eigenvalue weighted by Crippen LogP contribution is -2.48. The third kappa shape index (κ3) is 2.29.